The third-order valence-corrected chi connectivity index (χ3v) is 4.77. The van der Waals surface area contributed by atoms with Crippen molar-refractivity contribution in [2.45, 2.75) is 25.3 Å². The Balaban J connectivity index is 2.39. The fraction of sp³-hybridized carbons (Fsp3) is 0.571. The Morgan fingerprint density at radius 3 is 2.41 bits per heavy atom. The van der Waals surface area contributed by atoms with Crippen molar-refractivity contribution < 1.29 is 0 Å². The van der Waals surface area contributed by atoms with Crippen LogP contribution in [0.1, 0.15) is 30.9 Å². The highest BCUT2D eigenvalue weighted by molar-refractivity contribution is 9.10. The third-order valence-electron chi connectivity index (χ3n) is 4.05. The van der Waals surface area contributed by atoms with Crippen LogP contribution in [0, 0.1) is 5.41 Å². The molecule has 1 saturated carbocycles. The Bertz CT molecular complexity index is 380. The predicted octanol–water partition coefficient (Wildman–Crippen LogP) is 3.18. The molecule has 2 rings (SSSR count). The van der Waals surface area contributed by atoms with Gasteiger partial charge in [0.1, 0.15) is 0 Å². The molecular weight excluding hydrogens is 276 g/mol. The molecule has 2 N–H and O–H groups in total. The van der Waals surface area contributed by atoms with Crippen molar-refractivity contribution in [3.05, 3.63) is 34.3 Å². The summed E-state index contributed by atoms with van der Waals surface area (Å²) in [5.74, 6) is 0. The van der Waals surface area contributed by atoms with Crippen molar-refractivity contribution in [2.24, 2.45) is 11.1 Å². The number of halogens is 1. The first-order valence-corrected chi connectivity index (χ1v) is 7.01. The zero-order chi connectivity index (χ0) is 12.5. The molecule has 1 fully saturated rings. The molecule has 0 spiro atoms. The average Bonchev–Trinajstić information content (AvgIpc) is 2.24. The number of nitrogens with zero attached hydrogens (tertiary/aromatic N) is 1. The Morgan fingerprint density at radius 1 is 1.35 bits per heavy atom. The van der Waals surface area contributed by atoms with Crippen LogP contribution in [0.15, 0.2) is 28.7 Å². The van der Waals surface area contributed by atoms with Gasteiger partial charge >= 0.3 is 0 Å². The summed E-state index contributed by atoms with van der Waals surface area (Å²) >= 11 is 3.67. The van der Waals surface area contributed by atoms with Crippen LogP contribution in [0.3, 0.4) is 0 Å². The van der Waals surface area contributed by atoms with Crippen LogP contribution in [-0.4, -0.2) is 25.5 Å². The van der Waals surface area contributed by atoms with Gasteiger partial charge in [0.2, 0.25) is 0 Å². The second-order valence-corrected chi connectivity index (χ2v) is 6.16. The van der Waals surface area contributed by atoms with Crippen molar-refractivity contribution in [3.63, 3.8) is 0 Å². The molecule has 0 radical (unpaired) electrons. The summed E-state index contributed by atoms with van der Waals surface area (Å²) in [4.78, 5) is 2.31. The van der Waals surface area contributed by atoms with Gasteiger partial charge in [-0.15, -0.1) is 0 Å². The maximum absolute atomic E-state index is 6.05. The van der Waals surface area contributed by atoms with Gasteiger partial charge in [0.25, 0.3) is 0 Å². The molecule has 0 aromatic heterocycles. The van der Waals surface area contributed by atoms with E-state index in [2.05, 4.69) is 59.2 Å². The first-order valence-electron chi connectivity index (χ1n) is 6.22. The van der Waals surface area contributed by atoms with Crippen LogP contribution in [0.4, 0.5) is 0 Å². The zero-order valence-corrected chi connectivity index (χ0v) is 12.2. The van der Waals surface area contributed by atoms with E-state index in [1.807, 2.05) is 0 Å². The minimum atomic E-state index is 0.271. The minimum absolute atomic E-state index is 0.271. The molecule has 1 atom stereocenters. The van der Waals surface area contributed by atoms with Gasteiger partial charge in [0.05, 0.1) is 0 Å². The largest absolute Gasteiger partial charge is 0.330 e. The lowest BCUT2D eigenvalue weighted by molar-refractivity contribution is 0.0278. The summed E-state index contributed by atoms with van der Waals surface area (Å²) in [5, 5.41) is 0. The molecule has 0 heterocycles. The van der Waals surface area contributed by atoms with Crippen molar-refractivity contribution >= 4 is 15.9 Å². The maximum Gasteiger partial charge on any atom is 0.0421 e. The number of nitrogens with two attached hydrogens (primary N) is 1. The van der Waals surface area contributed by atoms with Crippen LogP contribution >= 0.6 is 15.9 Å². The van der Waals surface area contributed by atoms with Crippen LogP contribution < -0.4 is 5.73 Å². The van der Waals surface area contributed by atoms with E-state index in [1.165, 1.54) is 29.3 Å². The summed E-state index contributed by atoms with van der Waals surface area (Å²) in [5.41, 5.74) is 7.69. The molecule has 1 unspecified atom stereocenters. The van der Waals surface area contributed by atoms with Crippen LogP contribution in [-0.2, 0) is 0 Å². The SMILES string of the molecule is CN(C)C(c1ccccc1Br)C1(CN)CCC1. The van der Waals surface area contributed by atoms with E-state index in [-0.39, 0.29) is 5.41 Å². The molecule has 1 aromatic rings. The Hall–Kier alpha value is -0.380. The van der Waals surface area contributed by atoms with Gasteiger partial charge in [0, 0.05) is 15.9 Å². The highest BCUT2D eigenvalue weighted by Gasteiger charge is 2.45. The summed E-state index contributed by atoms with van der Waals surface area (Å²) < 4.78 is 1.19. The van der Waals surface area contributed by atoms with E-state index in [9.17, 15) is 0 Å². The molecular formula is C14H21BrN2. The van der Waals surface area contributed by atoms with Crippen molar-refractivity contribution in [2.75, 3.05) is 20.6 Å². The van der Waals surface area contributed by atoms with Gasteiger partial charge < -0.3 is 10.6 Å². The Morgan fingerprint density at radius 2 is 2.00 bits per heavy atom. The van der Waals surface area contributed by atoms with Crippen LogP contribution in [0.5, 0.6) is 0 Å². The first-order chi connectivity index (χ1) is 8.10. The van der Waals surface area contributed by atoms with Gasteiger partial charge in [-0.05, 0) is 45.1 Å². The van der Waals surface area contributed by atoms with Crippen molar-refractivity contribution in [1.82, 2.24) is 4.90 Å². The van der Waals surface area contributed by atoms with Crippen LogP contribution in [0.2, 0.25) is 0 Å². The number of hydrogen-bond acceptors (Lipinski definition) is 2. The summed E-state index contributed by atoms with van der Waals surface area (Å²) in [6.07, 6.45) is 3.80. The molecule has 1 aromatic carbocycles. The Labute approximate surface area is 112 Å². The molecule has 1 aliphatic carbocycles. The molecule has 1 aliphatic rings. The number of rotatable bonds is 4. The van der Waals surface area contributed by atoms with Gasteiger partial charge in [-0.25, -0.2) is 0 Å². The second kappa shape index (κ2) is 5.09. The molecule has 0 saturated heterocycles. The molecule has 2 nitrogen and oxygen atoms in total. The monoisotopic (exact) mass is 296 g/mol. The summed E-state index contributed by atoms with van der Waals surface area (Å²) in [7, 11) is 4.31. The highest BCUT2D eigenvalue weighted by atomic mass is 79.9. The second-order valence-electron chi connectivity index (χ2n) is 5.31. The first kappa shape index (κ1) is 13.1. The van der Waals surface area contributed by atoms with Gasteiger partial charge in [-0.2, -0.15) is 0 Å². The topological polar surface area (TPSA) is 29.3 Å². The highest BCUT2D eigenvalue weighted by Crippen LogP contribution is 2.52. The van der Waals surface area contributed by atoms with E-state index in [4.69, 9.17) is 5.73 Å². The Kier molecular flexibility index (Phi) is 3.91. The fourth-order valence-electron chi connectivity index (χ4n) is 3.07. The molecule has 94 valence electrons. The standard InChI is InChI=1S/C14H21BrN2/c1-17(2)13(14(10-16)8-5-9-14)11-6-3-4-7-12(11)15/h3-4,6-7,13H,5,8-10,16H2,1-2H3. The third kappa shape index (κ3) is 2.28. The molecule has 0 amide bonds. The van der Waals surface area contributed by atoms with E-state index in [0.29, 0.717) is 6.04 Å². The molecule has 0 aliphatic heterocycles. The van der Waals surface area contributed by atoms with Gasteiger partial charge in [-0.1, -0.05) is 40.5 Å². The predicted molar refractivity (Wildman–Crippen MR) is 75.9 cm³/mol. The van der Waals surface area contributed by atoms with Crippen molar-refractivity contribution in [1.29, 1.82) is 0 Å². The average molecular weight is 297 g/mol. The van der Waals surface area contributed by atoms with E-state index >= 15 is 0 Å². The smallest absolute Gasteiger partial charge is 0.0421 e. The summed E-state index contributed by atoms with van der Waals surface area (Å²) in [6.45, 7) is 0.775. The lowest BCUT2D eigenvalue weighted by Gasteiger charge is -2.50. The van der Waals surface area contributed by atoms with E-state index in [1.54, 1.807) is 0 Å². The lowest BCUT2D eigenvalue weighted by atomic mass is 9.62. The summed E-state index contributed by atoms with van der Waals surface area (Å²) in [6, 6.07) is 8.92. The van der Waals surface area contributed by atoms with Crippen molar-refractivity contribution in [3.8, 4) is 0 Å². The number of benzene rings is 1. The molecule has 17 heavy (non-hydrogen) atoms. The maximum atomic E-state index is 6.05. The van der Waals surface area contributed by atoms with Crippen LogP contribution in [0.25, 0.3) is 0 Å². The van der Waals surface area contributed by atoms with Gasteiger partial charge in [0.15, 0.2) is 0 Å². The fourth-order valence-corrected chi connectivity index (χ4v) is 3.57. The lowest BCUT2D eigenvalue weighted by Crippen LogP contribution is -2.47. The minimum Gasteiger partial charge on any atom is -0.330 e. The number of hydrogen-bond donors (Lipinski definition) is 1. The van der Waals surface area contributed by atoms with E-state index < -0.39 is 0 Å². The normalized spacial score (nSPS) is 20.1. The zero-order valence-electron chi connectivity index (χ0n) is 10.6. The van der Waals surface area contributed by atoms with E-state index in [0.717, 1.165) is 6.54 Å². The molecule has 0 bridgehead atoms. The quantitative estimate of drug-likeness (QED) is 0.925. The molecule has 3 heteroatoms. The van der Waals surface area contributed by atoms with Gasteiger partial charge in [-0.3, -0.25) is 0 Å².